The quantitative estimate of drug-likeness (QED) is 0.719. The van der Waals surface area contributed by atoms with E-state index < -0.39 is 0 Å². The number of ether oxygens (including phenoxy) is 1. The van der Waals surface area contributed by atoms with Crippen molar-refractivity contribution in [3.05, 3.63) is 29.8 Å². The van der Waals surface area contributed by atoms with Crippen molar-refractivity contribution in [1.82, 2.24) is 9.80 Å². The first-order valence-electron chi connectivity index (χ1n) is 11.5. The molecule has 1 aromatic carbocycles. The summed E-state index contributed by atoms with van der Waals surface area (Å²) in [5.41, 5.74) is 0.726. The molecular weight excluding hydrogens is 364 g/mol. The molecule has 158 valence electrons. The van der Waals surface area contributed by atoms with Crippen molar-refractivity contribution in [2.45, 2.75) is 70.3 Å². The average molecular weight is 399 g/mol. The van der Waals surface area contributed by atoms with Gasteiger partial charge in [0.25, 0.3) is 5.91 Å². The van der Waals surface area contributed by atoms with Crippen molar-refractivity contribution in [2.75, 3.05) is 26.2 Å². The second-order valence-electron chi connectivity index (χ2n) is 8.93. The van der Waals surface area contributed by atoms with Crippen LogP contribution in [0.1, 0.15) is 74.6 Å². The van der Waals surface area contributed by atoms with Crippen molar-refractivity contribution >= 4 is 11.8 Å². The molecule has 2 heterocycles. The number of likely N-dealkylation sites (tertiary alicyclic amines) is 2. The van der Waals surface area contributed by atoms with Gasteiger partial charge in [-0.1, -0.05) is 19.3 Å². The third kappa shape index (κ3) is 5.12. The van der Waals surface area contributed by atoms with E-state index in [4.69, 9.17) is 4.74 Å². The molecule has 29 heavy (non-hydrogen) atoms. The molecule has 3 aliphatic rings. The van der Waals surface area contributed by atoms with Gasteiger partial charge in [0, 0.05) is 31.6 Å². The van der Waals surface area contributed by atoms with Crippen LogP contribution in [-0.2, 0) is 4.79 Å². The Labute approximate surface area is 174 Å². The zero-order valence-electron chi connectivity index (χ0n) is 17.5. The molecule has 0 radical (unpaired) electrons. The summed E-state index contributed by atoms with van der Waals surface area (Å²) in [6.45, 7) is 3.13. The lowest BCUT2D eigenvalue weighted by atomic mass is 9.86. The molecule has 4 rings (SSSR count). The van der Waals surface area contributed by atoms with Gasteiger partial charge in [0.2, 0.25) is 5.91 Å². The Morgan fingerprint density at radius 2 is 1.59 bits per heavy atom. The normalized spacial score (nSPS) is 22.8. The van der Waals surface area contributed by atoms with Crippen LogP contribution in [0.3, 0.4) is 0 Å². The molecule has 1 aliphatic carbocycles. The van der Waals surface area contributed by atoms with Crippen LogP contribution in [0.5, 0.6) is 5.75 Å². The van der Waals surface area contributed by atoms with Crippen LogP contribution < -0.4 is 4.74 Å². The fraction of sp³-hybridized carbons (Fsp3) is 0.667. The summed E-state index contributed by atoms with van der Waals surface area (Å²) >= 11 is 0. The topological polar surface area (TPSA) is 49.9 Å². The van der Waals surface area contributed by atoms with Gasteiger partial charge in [-0.3, -0.25) is 9.59 Å². The number of hydrogen-bond donors (Lipinski definition) is 0. The maximum absolute atomic E-state index is 12.8. The largest absolute Gasteiger partial charge is 0.491 e. The van der Waals surface area contributed by atoms with Crippen LogP contribution in [0, 0.1) is 5.92 Å². The standard InChI is InChI=1S/C24H34N2O3/c27-23(17-19-7-2-1-3-8-19)26-16-6-9-21(26)18-29-22-12-10-20(11-13-22)24(28)25-14-4-5-15-25/h10-13,19,21H,1-9,14-18H2. The zero-order valence-corrected chi connectivity index (χ0v) is 17.5. The van der Waals surface area contributed by atoms with E-state index >= 15 is 0 Å². The molecule has 1 saturated carbocycles. The van der Waals surface area contributed by atoms with E-state index in [9.17, 15) is 9.59 Å². The summed E-state index contributed by atoms with van der Waals surface area (Å²) in [5.74, 6) is 1.78. The molecule has 2 saturated heterocycles. The molecule has 0 aromatic heterocycles. The maximum atomic E-state index is 12.8. The van der Waals surface area contributed by atoms with Crippen molar-refractivity contribution in [3.63, 3.8) is 0 Å². The number of nitrogens with zero attached hydrogens (tertiary/aromatic N) is 2. The summed E-state index contributed by atoms with van der Waals surface area (Å²) in [4.78, 5) is 29.2. The van der Waals surface area contributed by atoms with Gasteiger partial charge < -0.3 is 14.5 Å². The molecule has 5 nitrogen and oxygen atoms in total. The van der Waals surface area contributed by atoms with Gasteiger partial charge in [0.15, 0.2) is 0 Å². The van der Waals surface area contributed by atoms with E-state index in [-0.39, 0.29) is 11.9 Å². The highest BCUT2D eigenvalue weighted by Crippen LogP contribution is 2.29. The van der Waals surface area contributed by atoms with Crippen LogP contribution in [0.4, 0.5) is 0 Å². The fourth-order valence-electron chi connectivity index (χ4n) is 5.08. The molecule has 0 spiro atoms. The Morgan fingerprint density at radius 1 is 0.862 bits per heavy atom. The van der Waals surface area contributed by atoms with Crippen molar-refractivity contribution < 1.29 is 14.3 Å². The summed E-state index contributed by atoms with van der Waals surface area (Å²) in [7, 11) is 0. The lowest BCUT2D eigenvalue weighted by molar-refractivity contribution is -0.133. The third-order valence-electron chi connectivity index (χ3n) is 6.82. The van der Waals surface area contributed by atoms with E-state index in [0.29, 0.717) is 24.9 Å². The Hall–Kier alpha value is -2.04. The number of amides is 2. The summed E-state index contributed by atoms with van der Waals surface area (Å²) in [6.07, 6.45) is 11.3. The number of carbonyl (C=O) groups excluding carboxylic acids is 2. The van der Waals surface area contributed by atoms with Crippen molar-refractivity contribution in [2.24, 2.45) is 5.92 Å². The summed E-state index contributed by atoms with van der Waals surface area (Å²) < 4.78 is 6.00. The van der Waals surface area contributed by atoms with Crippen LogP contribution in [-0.4, -0.2) is 53.9 Å². The van der Waals surface area contributed by atoms with Gasteiger partial charge in [-0.2, -0.15) is 0 Å². The maximum Gasteiger partial charge on any atom is 0.253 e. The van der Waals surface area contributed by atoms with Crippen LogP contribution >= 0.6 is 0 Å². The summed E-state index contributed by atoms with van der Waals surface area (Å²) in [5, 5.41) is 0. The first-order valence-corrected chi connectivity index (χ1v) is 11.5. The molecule has 3 fully saturated rings. The highest BCUT2D eigenvalue weighted by Gasteiger charge is 2.30. The summed E-state index contributed by atoms with van der Waals surface area (Å²) in [6, 6.07) is 7.66. The molecule has 1 unspecified atom stereocenters. The van der Waals surface area contributed by atoms with E-state index in [2.05, 4.69) is 4.90 Å². The first-order chi connectivity index (χ1) is 14.2. The molecule has 0 N–H and O–H groups in total. The molecule has 2 aliphatic heterocycles. The van der Waals surface area contributed by atoms with Gasteiger partial charge in [0.1, 0.15) is 12.4 Å². The predicted octanol–water partition coefficient (Wildman–Crippen LogP) is 4.26. The van der Waals surface area contributed by atoms with Gasteiger partial charge in [-0.25, -0.2) is 0 Å². The molecule has 0 bridgehead atoms. The minimum atomic E-state index is 0.115. The van der Waals surface area contributed by atoms with Gasteiger partial charge in [-0.05, 0) is 68.7 Å². The molecular formula is C24H34N2O3. The predicted molar refractivity (Wildman–Crippen MR) is 113 cm³/mol. The molecule has 5 heteroatoms. The van der Waals surface area contributed by atoms with Gasteiger partial charge in [-0.15, -0.1) is 0 Å². The number of rotatable bonds is 6. The van der Waals surface area contributed by atoms with Gasteiger partial charge >= 0.3 is 0 Å². The second-order valence-corrected chi connectivity index (χ2v) is 8.93. The minimum Gasteiger partial charge on any atom is -0.491 e. The van der Waals surface area contributed by atoms with Gasteiger partial charge in [0.05, 0.1) is 6.04 Å². The molecule has 2 amide bonds. The SMILES string of the molecule is O=C(c1ccc(OCC2CCCN2C(=O)CC2CCCCC2)cc1)N1CCCC1. The molecule has 1 atom stereocenters. The first kappa shape index (κ1) is 20.2. The Kier molecular flexibility index (Phi) is 6.73. The van der Waals surface area contributed by atoms with Crippen molar-refractivity contribution in [1.29, 1.82) is 0 Å². The monoisotopic (exact) mass is 398 g/mol. The van der Waals surface area contributed by atoms with E-state index in [0.717, 1.165) is 56.6 Å². The lowest BCUT2D eigenvalue weighted by Gasteiger charge is -2.28. The Bertz CT molecular complexity index is 691. The number of carbonyl (C=O) groups is 2. The zero-order chi connectivity index (χ0) is 20.1. The number of benzene rings is 1. The van der Waals surface area contributed by atoms with E-state index in [1.165, 1.54) is 32.1 Å². The highest BCUT2D eigenvalue weighted by molar-refractivity contribution is 5.94. The highest BCUT2D eigenvalue weighted by atomic mass is 16.5. The van der Waals surface area contributed by atoms with E-state index in [1.807, 2.05) is 29.2 Å². The molecule has 1 aromatic rings. The smallest absolute Gasteiger partial charge is 0.253 e. The van der Waals surface area contributed by atoms with Crippen molar-refractivity contribution in [3.8, 4) is 5.75 Å². The Morgan fingerprint density at radius 3 is 2.31 bits per heavy atom. The lowest BCUT2D eigenvalue weighted by Crippen LogP contribution is -2.39. The Balaban J connectivity index is 1.27. The fourth-order valence-corrected chi connectivity index (χ4v) is 5.08. The minimum absolute atomic E-state index is 0.115. The van der Waals surface area contributed by atoms with Crippen LogP contribution in [0.25, 0.3) is 0 Å². The van der Waals surface area contributed by atoms with Crippen LogP contribution in [0.2, 0.25) is 0 Å². The third-order valence-corrected chi connectivity index (χ3v) is 6.82. The second kappa shape index (κ2) is 9.64. The van der Waals surface area contributed by atoms with Crippen LogP contribution in [0.15, 0.2) is 24.3 Å². The van der Waals surface area contributed by atoms with E-state index in [1.54, 1.807) is 0 Å². The average Bonchev–Trinajstić information content (AvgIpc) is 3.45. The number of hydrogen-bond acceptors (Lipinski definition) is 3.